The van der Waals surface area contributed by atoms with Gasteiger partial charge in [-0.25, -0.2) is 8.78 Å². The van der Waals surface area contributed by atoms with E-state index in [0.29, 0.717) is 12.6 Å². The Labute approximate surface area is 153 Å². The number of halogens is 2. The van der Waals surface area contributed by atoms with Crippen molar-refractivity contribution >= 4 is 5.91 Å². The molecule has 0 aromatic carbocycles. The average molecular weight is 366 g/mol. The average Bonchev–Trinajstić information content (AvgIpc) is 2.67. The van der Waals surface area contributed by atoms with Crippen LogP contribution in [-0.2, 0) is 11.3 Å². The molecule has 144 valence electrons. The maximum Gasteiger partial charge on any atom is 0.255 e. The minimum atomic E-state index is -2.48. The van der Waals surface area contributed by atoms with Crippen molar-refractivity contribution in [2.75, 3.05) is 32.7 Å². The van der Waals surface area contributed by atoms with Crippen LogP contribution in [0.5, 0.6) is 0 Å². The molecule has 1 N–H and O–H groups in total. The second kappa shape index (κ2) is 9.37. The molecule has 5 nitrogen and oxygen atoms in total. The highest BCUT2D eigenvalue weighted by Gasteiger charge is 2.31. The van der Waals surface area contributed by atoms with Gasteiger partial charge in [-0.1, -0.05) is 0 Å². The topological polar surface area (TPSA) is 48.5 Å². The number of nitrogens with one attached hydrogen (secondary N) is 1. The largest absolute Gasteiger partial charge is 0.350 e. The highest BCUT2D eigenvalue weighted by molar-refractivity contribution is 5.78. The number of nitrogens with zero attached hydrogens (tertiary/aromatic N) is 3. The number of alkyl halides is 2. The maximum absolute atomic E-state index is 12.3. The first-order chi connectivity index (χ1) is 12.6. The summed E-state index contributed by atoms with van der Waals surface area (Å²) in [6.45, 7) is 4.21. The number of carbonyl (C=O) groups excluding carboxylic acids is 1. The second-order valence-corrected chi connectivity index (χ2v) is 7.33. The minimum absolute atomic E-state index is 0.155. The van der Waals surface area contributed by atoms with Crippen molar-refractivity contribution in [3.05, 3.63) is 30.1 Å². The molecule has 2 aliphatic rings. The summed E-state index contributed by atoms with van der Waals surface area (Å²) in [6.07, 6.45) is 5.12. The van der Waals surface area contributed by atoms with Crippen molar-refractivity contribution in [2.24, 2.45) is 5.92 Å². The molecule has 2 fully saturated rings. The molecule has 3 rings (SSSR count). The van der Waals surface area contributed by atoms with E-state index in [0.717, 1.165) is 51.9 Å². The molecule has 1 atom stereocenters. The van der Waals surface area contributed by atoms with Gasteiger partial charge in [-0.05, 0) is 63.0 Å². The van der Waals surface area contributed by atoms with Crippen LogP contribution < -0.4 is 5.32 Å². The molecule has 26 heavy (non-hydrogen) atoms. The van der Waals surface area contributed by atoms with Gasteiger partial charge in [0.2, 0.25) is 5.91 Å². The normalized spacial score (nSPS) is 23.3. The Kier molecular flexibility index (Phi) is 6.91. The molecule has 7 heteroatoms. The van der Waals surface area contributed by atoms with Crippen LogP contribution >= 0.6 is 0 Å². The monoisotopic (exact) mass is 366 g/mol. The molecule has 2 saturated heterocycles. The van der Waals surface area contributed by atoms with Crippen LogP contribution in [0.3, 0.4) is 0 Å². The van der Waals surface area contributed by atoms with E-state index in [1.807, 2.05) is 12.4 Å². The first-order valence-corrected chi connectivity index (χ1v) is 9.53. The molecular formula is C19H28F2N4O. The maximum atomic E-state index is 12.3. The summed E-state index contributed by atoms with van der Waals surface area (Å²) in [4.78, 5) is 21.0. The molecule has 3 heterocycles. The van der Waals surface area contributed by atoms with Crippen LogP contribution in [0.1, 0.15) is 31.2 Å². The summed E-state index contributed by atoms with van der Waals surface area (Å²) in [5.74, 6) is -0.373. The van der Waals surface area contributed by atoms with Gasteiger partial charge in [0.05, 0.1) is 12.5 Å². The first-order valence-electron chi connectivity index (χ1n) is 9.53. The van der Waals surface area contributed by atoms with E-state index in [-0.39, 0.29) is 11.8 Å². The lowest BCUT2D eigenvalue weighted by atomic mass is 9.93. The molecule has 2 aliphatic heterocycles. The van der Waals surface area contributed by atoms with Crippen LogP contribution in [0.15, 0.2) is 24.5 Å². The lowest BCUT2D eigenvalue weighted by Crippen LogP contribution is -2.51. The number of likely N-dealkylation sites (tertiary alicyclic amines) is 2. The van der Waals surface area contributed by atoms with E-state index in [2.05, 4.69) is 32.2 Å². The molecule has 1 amide bonds. The highest BCUT2D eigenvalue weighted by Crippen LogP contribution is 2.24. The van der Waals surface area contributed by atoms with Gasteiger partial charge in [-0.2, -0.15) is 0 Å². The van der Waals surface area contributed by atoms with Gasteiger partial charge < -0.3 is 5.32 Å². The summed E-state index contributed by atoms with van der Waals surface area (Å²) in [5.41, 5.74) is 1.28. The number of rotatable bonds is 6. The zero-order chi connectivity index (χ0) is 18.4. The van der Waals surface area contributed by atoms with Crippen molar-refractivity contribution in [2.45, 2.75) is 44.7 Å². The number of piperidine rings is 2. The van der Waals surface area contributed by atoms with Gasteiger partial charge in [0.1, 0.15) is 0 Å². The predicted octanol–water partition coefficient (Wildman–Crippen LogP) is 2.14. The van der Waals surface area contributed by atoms with E-state index < -0.39 is 13.0 Å². The van der Waals surface area contributed by atoms with Gasteiger partial charge in [-0.15, -0.1) is 0 Å². The molecule has 0 saturated carbocycles. The summed E-state index contributed by atoms with van der Waals surface area (Å²) < 4.78 is 24.6. The zero-order valence-electron chi connectivity index (χ0n) is 15.1. The number of aromatic nitrogens is 1. The van der Waals surface area contributed by atoms with Crippen molar-refractivity contribution in [1.82, 2.24) is 20.1 Å². The Balaban J connectivity index is 1.44. The fourth-order valence-corrected chi connectivity index (χ4v) is 4.06. The number of amides is 1. The van der Waals surface area contributed by atoms with E-state index >= 15 is 0 Å². The van der Waals surface area contributed by atoms with Crippen LogP contribution in [0, 0.1) is 5.92 Å². The molecule has 1 aromatic rings. The van der Waals surface area contributed by atoms with E-state index in [1.165, 1.54) is 5.56 Å². The van der Waals surface area contributed by atoms with Gasteiger partial charge in [-0.3, -0.25) is 19.6 Å². The lowest BCUT2D eigenvalue weighted by molar-refractivity contribution is -0.127. The Morgan fingerprint density at radius 3 is 2.62 bits per heavy atom. The molecule has 0 radical (unpaired) electrons. The van der Waals surface area contributed by atoms with Crippen molar-refractivity contribution in [3.8, 4) is 0 Å². The van der Waals surface area contributed by atoms with E-state index in [4.69, 9.17) is 0 Å². The molecular weight excluding hydrogens is 338 g/mol. The van der Waals surface area contributed by atoms with Crippen molar-refractivity contribution < 1.29 is 13.6 Å². The van der Waals surface area contributed by atoms with Crippen LogP contribution in [-0.4, -0.2) is 65.9 Å². The number of hydrogen-bond acceptors (Lipinski definition) is 4. The zero-order valence-corrected chi connectivity index (χ0v) is 15.1. The third-order valence-electron chi connectivity index (χ3n) is 5.48. The smallest absolute Gasteiger partial charge is 0.255 e. The minimum Gasteiger partial charge on any atom is -0.350 e. The molecule has 0 spiro atoms. The van der Waals surface area contributed by atoms with Crippen LogP contribution in [0.25, 0.3) is 0 Å². The SMILES string of the molecule is O=C(NCC(F)F)C1CCCN(C2CCN(Cc3ccncc3)CC2)C1. The third-order valence-corrected chi connectivity index (χ3v) is 5.48. The Morgan fingerprint density at radius 1 is 1.19 bits per heavy atom. The van der Waals surface area contributed by atoms with Crippen LogP contribution in [0.4, 0.5) is 8.78 Å². The van der Waals surface area contributed by atoms with Crippen molar-refractivity contribution in [3.63, 3.8) is 0 Å². The lowest BCUT2D eigenvalue weighted by Gasteiger charge is -2.42. The number of carbonyl (C=O) groups is 1. The molecule has 1 unspecified atom stereocenters. The van der Waals surface area contributed by atoms with Gasteiger partial charge in [0, 0.05) is 31.5 Å². The molecule has 0 bridgehead atoms. The highest BCUT2D eigenvalue weighted by atomic mass is 19.3. The molecule has 0 aliphatic carbocycles. The molecule has 1 aromatic heterocycles. The van der Waals surface area contributed by atoms with Gasteiger partial charge >= 0.3 is 0 Å². The standard InChI is InChI=1S/C19H28F2N4O/c20-18(21)12-23-19(26)16-2-1-9-25(14-16)17-5-10-24(11-6-17)13-15-3-7-22-8-4-15/h3-4,7-8,16-18H,1-2,5-6,9-14H2,(H,23,26). The predicted molar refractivity (Wildman–Crippen MR) is 95.8 cm³/mol. The number of pyridine rings is 1. The summed E-state index contributed by atoms with van der Waals surface area (Å²) >= 11 is 0. The van der Waals surface area contributed by atoms with Crippen molar-refractivity contribution in [1.29, 1.82) is 0 Å². The quantitative estimate of drug-likeness (QED) is 0.838. The van der Waals surface area contributed by atoms with Gasteiger partial charge in [0.25, 0.3) is 6.43 Å². The Bertz CT molecular complexity index is 564. The van der Waals surface area contributed by atoms with Gasteiger partial charge in [0.15, 0.2) is 0 Å². The number of hydrogen-bond donors (Lipinski definition) is 1. The Hall–Kier alpha value is -1.60. The fraction of sp³-hybridized carbons (Fsp3) is 0.684. The third kappa shape index (κ3) is 5.45. The first kappa shape index (κ1) is 19.2. The van der Waals surface area contributed by atoms with Crippen LogP contribution in [0.2, 0.25) is 0 Å². The summed E-state index contributed by atoms with van der Waals surface area (Å²) in [6, 6.07) is 4.60. The van der Waals surface area contributed by atoms with E-state index in [1.54, 1.807) is 0 Å². The summed E-state index contributed by atoms with van der Waals surface area (Å²) in [7, 11) is 0. The van der Waals surface area contributed by atoms with E-state index in [9.17, 15) is 13.6 Å². The summed E-state index contributed by atoms with van der Waals surface area (Å²) in [5, 5.41) is 2.38. The fourth-order valence-electron chi connectivity index (χ4n) is 4.06. The second-order valence-electron chi connectivity index (χ2n) is 7.33. The Morgan fingerprint density at radius 2 is 1.92 bits per heavy atom.